The highest BCUT2D eigenvalue weighted by Crippen LogP contribution is 1.82. The molecule has 0 aromatic carbocycles. The van der Waals surface area contributed by atoms with Gasteiger partial charge >= 0.3 is 0 Å². The summed E-state index contributed by atoms with van der Waals surface area (Å²) in [5.74, 6) is 0.0510. The molecular formula is C5H9BrNOSi. The first kappa shape index (κ1) is 9.17. The van der Waals surface area contributed by atoms with E-state index >= 15 is 0 Å². The molecule has 0 saturated carbocycles. The fraction of sp³-hybridized carbons (Fsp3) is 0.800. The Balaban J connectivity index is 2.97. The van der Waals surface area contributed by atoms with Crippen molar-refractivity contribution in [2.24, 2.45) is 0 Å². The van der Waals surface area contributed by atoms with Gasteiger partial charge in [0.1, 0.15) is 0 Å². The molecule has 0 aliphatic carbocycles. The highest BCUT2D eigenvalue weighted by molar-refractivity contribution is 9.09. The van der Waals surface area contributed by atoms with Crippen LogP contribution in [0.5, 0.6) is 0 Å². The van der Waals surface area contributed by atoms with E-state index in [4.69, 9.17) is 0 Å². The Kier molecular flexibility index (Phi) is 6.41. The molecule has 1 amide bonds. The molecule has 0 unspecified atom stereocenters. The van der Waals surface area contributed by atoms with Crippen molar-refractivity contribution in [1.29, 1.82) is 0 Å². The molecule has 1 N–H and O–H groups in total. The first-order valence-corrected chi connectivity index (χ1v) is 4.61. The third kappa shape index (κ3) is 6.05. The maximum atomic E-state index is 10.5. The lowest BCUT2D eigenvalue weighted by molar-refractivity contribution is -0.118. The molecular weight excluding hydrogens is 198 g/mol. The molecule has 3 radical (unpaired) electrons. The number of carbonyl (C=O) groups is 1. The summed E-state index contributed by atoms with van der Waals surface area (Å²) in [6.45, 7) is 0.758. The first-order valence-electron chi connectivity index (χ1n) is 2.78. The minimum Gasteiger partial charge on any atom is -0.355 e. The molecule has 0 rings (SSSR count). The Morgan fingerprint density at radius 2 is 2.33 bits per heavy atom. The fourth-order valence-electron chi connectivity index (χ4n) is 0.363. The summed E-state index contributed by atoms with van der Waals surface area (Å²) < 4.78 is 0. The molecule has 0 aliphatic heterocycles. The van der Waals surface area contributed by atoms with E-state index in [-0.39, 0.29) is 5.91 Å². The maximum absolute atomic E-state index is 10.5. The van der Waals surface area contributed by atoms with Gasteiger partial charge in [-0.2, -0.15) is 0 Å². The molecule has 0 spiro atoms. The standard InChI is InChI=1S/C5H9BrNOSi/c6-4-5(8)7-2-1-3-9/h1-4H2,(H,7,8). The molecule has 0 aromatic heterocycles. The molecule has 51 valence electrons. The summed E-state index contributed by atoms with van der Waals surface area (Å²) in [5.41, 5.74) is 0. The van der Waals surface area contributed by atoms with Crippen molar-refractivity contribution >= 4 is 32.1 Å². The number of nitrogens with one attached hydrogen (secondary N) is 1. The second-order valence-electron chi connectivity index (χ2n) is 1.59. The molecule has 0 fully saturated rings. The highest BCUT2D eigenvalue weighted by Gasteiger charge is 1.93. The predicted octanol–water partition coefficient (Wildman–Crippen LogP) is 0.474. The monoisotopic (exact) mass is 206 g/mol. The van der Waals surface area contributed by atoms with Gasteiger partial charge in [-0.25, -0.2) is 0 Å². The van der Waals surface area contributed by atoms with E-state index in [0.717, 1.165) is 19.0 Å². The van der Waals surface area contributed by atoms with Crippen LogP contribution in [0.15, 0.2) is 0 Å². The van der Waals surface area contributed by atoms with Crippen molar-refractivity contribution in [2.45, 2.75) is 12.5 Å². The van der Waals surface area contributed by atoms with Gasteiger partial charge in [-0.15, -0.1) is 0 Å². The van der Waals surface area contributed by atoms with Crippen molar-refractivity contribution in [2.75, 3.05) is 11.9 Å². The lowest BCUT2D eigenvalue weighted by atomic mass is 10.5. The van der Waals surface area contributed by atoms with E-state index in [9.17, 15) is 4.79 Å². The summed E-state index contributed by atoms with van der Waals surface area (Å²) >= 11 is 3.04. The molecule has 0 saturated heterocycles. The second-order valence-corrected chi connectivity index (χ2v) is 2.65. The number of hydrogen-bond donors (Lipinski definition) is 1. The van der Waals surface area contributed by atoms with Gasteiger partial charge in [0.15, 0.2) is 0 Å². The normalized spacial score (nSPS) is 9.11. The Morgan fingerprint density at radius 3 is 2.78 bits per heavy atom. The van der Waals surface area contributed by atoms with Crippen molar-refractivity contribution in [1.82, 2.24) is 5.32 Å². The first-order chi connectivity index (χ1) is 4.31. The number of hydrogen-bond acceptors (Lipinski definition) is 1. The molecule has 0 bridgehead atoms. The third-order valence-corrected chi connectivity index (χ3v) is 1.66. The van der Waals surface area contributed by atoms with E-state index < -0.39 is 0 Å². The van der Waals surface area contributed by atoms with Crippen LogP contribution in [-0.4, -0.2) is 28.0 Å². The van der Waals surface area contributed by atoms with Crippen LogP contribution < -0.4 is 5.32 Å². The average molecular weight is 207 g/mol. The second kappa shape index (κ2) is 6.29. The summed E-state index contributed by atoms with van der Waals surface area (Å²) in [6, 6.07) is 0.933. The molecule has 0 atom stereocenters. The summed E-state index contributed by atoms with van der Waals surface area (Å²) in [5, 5.41) is 3.11. The van der Waals surface area contributed by atoms with Gasteiger partial charge < -0.3 is 5.32 Å². The SMILES string of the molecule is O=C(CBr)NCCC[Si]. The molecule has 2 nitrogen and oxygen atoms in total. The van der Waals surface area contributed by atoms with Gasteiger partial charge in [-0.1, -0.05) is 22.0 Å². The molecule has 0 aliphatic rings. The van der Waals surface area contributed by atoms with Gasteiger partial charge in [0.25, 0.3) is 0 Å². The number of alkyl halides is 1. The van der Waals surface area contributed by atoms with Gasteiger partial charge in [-0.05, 0) is 6.42 Å². The van der Waals surface area contributed by atoms with Gasteiger partial charge in [0, 0.05) is 16.8 Å². The minimum atomic E-state index is 0.0510. The quantitative estimate of drug-likeness (QED) is 0.405. The summed E-state index contributed by atoms with van der Waals surface area (Å²) in [7, 11) is 3.30. The van der Waals surface area contributed by atoms with Crippen LogP contribution in [0.4, 0.5) is 0 Å². The van der Waals surface area contributed by atoms with Crippen LogP contribution in [0.25, 0.3) is 0 Å². The fourth-order valence-corrected chi connectivity index (χ4v) is 0.738. The zero-order valence-corrected chi connectivity index (χ0v) is 7.70. The largest absolute Gasteiger partial charge is 0.355 e. The van der Waals surface area contributed by atoms with Gasteiger partial charge in [-0.3, -0.25) is 4.79 Å². The smallest absolute Gasteiger partial charge is 0.230 e. The van der Waals surface area contributed by atoms with Crippen LogP contribution in [0.1, 0.15) is 6.42 Å². The summed E-state index contributed by atoms with van der Waals surface area (Å²) in [6.07, 6.45) is 0.982. The van der Waals surface area contributed by atoms with Crippen LogP contribution >= 0.6 is 15.9 Å². The zero-order valence-electron chi connectivity index (χ0n) is 5.11. The minimum absolute atomic E-state index is 0.0510. The number of halogens is 1. The van der Waals surface area contributed by atoms with Crippen LogP contribution in [0.3, 0.4) is 0 Å². The molecule has 4 heteroatoms. The predicted molar refractivity (Wildman–Crippen MR) is 42.0 cm³/mol. The zero-order chi connectivity index (χ0) is 7.11. The number of carbonyl (C=O) groups excluding carboxylic acids is 1. The van der Waals surface area contributed by atoms with E-state index in [0.29, 0.717) is 5.33 Å². The Hall–Kier alpha value is 0.167. The third-order valence-electron chi connectivity index (χ3n) is 0.797. The van der Waals surface area contributed by atoms with Crippen molar-refractivity contribution in [3.05, 3.63) is 0 Å². The van der Waals surface area contributed by atoms with E-state index in [1.807, 2.05) is 0 Å². The highest BCUT2D eigenvalue weighted by atomic mass is 79.9. The molecule has 0 aromatic rings. The van der Waals surface area contributed by atoms with Crippen molar-refractivity contribution in [3.63, 3.8) is 0 Å². The van der Waals surface area contributed by atoms with Crippen molar-refractivity contribution < 1.29 is 4.79 Å². The number of amides is 1. The van der Waals surface area contributed by atoms with E-state index in [2.05, 4.69) is 31.5 Å². The van der Waals surface area contributed by atoms with Crippen LogP contribution in [-0.2, 0) is 4.79 Å². The summed E-state index contributed by atoms with van der Waals surface area (Å²) in [4.78, 5) is 10.5. The molecule has 9 heavy (non-hydrogen) atoms. The lowest BCUT2D eigenvalue weighted by Gasteiger charge is -1.98. The maximum Gasteiger partial charge on any atom is 0.230 e. The van der Waals surface area contributed by atoms with Crippen LogP contribution in [0.2, 0.25) is 6.04 Å². The van der Waals surface area contributed by atoms with E-state index in [1.165, 1.54) is 0 Å². The van der Waals surface area contributed by atoms with Gasteiger partial charge in [0.05, 0.1) is 5.33 Å². The Labute approximate surface area is 66.9 Å². The van der Waals surface area contributed by atoms with Crippen molar-refractivity contribution in [3.8, 4) is 0 Å². The van der Waals surface area contributed by atoms with Crippen LogP contribution in [0, 0.1) is 0 Å². The average Bonchev–Trinajstić information content (AvgIpc) is 1.89. The topological polar surface area (TPSA) is 29.1 Å². The number of rotatable bonds is 4. The lowest BCUT2D eigenvalue weighted by Crippen LogP contribution is -2.24. The molecule has 0 heterocycles. The van der Waals surface area contributed by atoms with E-state index in [1.54, 1.807) is 0 Å². The Morgan fingerprint density at radius 1 is 1.67 bits per heavy atom. The van der Waals surface area contributed by atoms with Gasteiger partial charge in [0.2, 0.25) is 5.91 Å². The Bertz CT molecular complexity index is 89.0.